The number of carbonyl (C=O) groups excluding carboxylic acids is 2. The molecule has 0 N–H and O–H groups in total. The molecule has 98 valence electrons. The van der Waals surface area contributed by atoms with Crippen molar-refractivity contribution in [3.8, 4) is 0 Å². The molecule has 0 saturated carbocycles. The first-order valence-electron chi connectivity index (χ1n) is 4.81. The van der Waals surface area contributed by atoms with Gasteiger partial charge in [-0.25, -0.2) is 4.79 Å². The number of thioether (sulfide) groups is 1. The van der Waals surface area contributed by atoms with Crippen molar-refractivity contribution in [3.63, 3.8) is 0 Å². The number of hydrogen-bond acceptors (Lipinski definition) is 5. The lowest BCUT2D eigenvalue weighted by molar-refractivity contribution is -0.177. The highest BCUT2D eigenvalue weighted by molar-refractivity contribution is 8.01. The lowest BCUT2D eigenvalue weighted by atomic mass is 10.1. The number of ether oxygens (including phenoxy) is 2. The Bertz CT molecular complexity index is 316. The third kappa shape index (κ3) is 3.79. The number of carbonyl (C=O) groups is 2. The van der Waals surface area contributed by atoms with Gasteiger partial charge in [0.2, 0.25) is 5.44 Å². The van der Waals surface area contributed by atoms with Crippen LogP contribution in [0, 0.1) is 5.92 Å². The smallest absolute Gasteiger partial charge is 0.432 e. The standard InChI is InChI=1S/C9H11F3O4S/c1-4(2)15-8(14)16-7-6(13)5(3-17-7)9(10,11)12/h4-5,7H,3H2,1-2H3. The SMILES string of the molecule is CC(C)OC(=O)OC1SCC(C(F)(F)F)C1=O. The monoisotopic (exact) mass is 272 g/mol. The van der Waals surface area contributed by atoms with E-state index in [0.717, 1.165) is 0 Å². The average molecular weight is 272 g/mol. The fraction of sp³-hybridized carbons (Fsp3) is 0.778. The van der Waals surface area contributed by atoms with Crippen molar-refractivity contribution in [2.75, 3.05) is 5.75 Å². The number of ketones is 1. The maximum Gasteiger partial charge on any atom is 0.510 e. The van der Waals surface area contributed by atoms with Crippen LogP contribution < -0.4 is 0 Å². The molecule has 1 rings (SSSR count). The van der Waals surface area contributed by atoms with Crippen molar-refractivity contribution in [1.29, 1.82) is 0 Å². The summed E-state index contributed by atoms with van der Waals surface area (Å²) in [5.74, 6) is -3.63. The van der Waals surface area contributed by atoms with Crippen molar-refractivity contribution in [2.45, 2.75) is 31.6 Å². The Morgan fingerprint density at radius 2 is 2.06 bits per heavy atom. The maximum atomic E-state index is 12.3. The van der Waals surface area contributed by atoms with Crippen molar-refractivity contribution in [2.24, 2.45) is 5.92 Å². The van der Waals surface area contributed by atoms with Gasteiger partial charge >= 0.3 is 12.3 Å². The highest BCUT2D eigenvalue weighted by Crippen LogP contribution is 2.39. The molecular weight excluding hydrogens is 261 g/mol. The minimum Gasteiger partial charge on any atom is -0.432 e. The Hall–Kier alpha value is -0.920. The third-order valence-corrected chi connectivity index (χ3v) is 3.08. The first-order valence-corrected chi connectivity index (χ1v) is 5.86. The molecule has 17 heavy (non-hydrogen) atoms. The van der Waals surface area contributed by atoms with Crippen LogP contribution in [0.1, 0.15) is 13.8 Å². The van der Waals surface area contributed by atoms with E-state index in [1.54, 1.807) is 13.8 Å². The topological polar surface area (TPSA) is 52.6 Å². The lowest BCUT2D eigenvalue weighted by Gasteiger charge is -2.14. The fourth-order valence-corrected chi connectivity index (χ4v) is 2.36. The number of rotatable bonds is 2. The van der Waals surface area contributed by atoms with Crippen molar-refractivity contribution < 1.29 is 32.2 Å². The van der Waals surface area contributed by atoms with Crippen LogP contribution >= 0.6 is 11.8 Å². The molecule has 0 bridgehead atoms. The molecule has 2 unspecified atom stereocenters. The van der Waals surface area contributed by atoms with E-state index >= 15 is 0 Å². The fourth-order valence-electron chi connectivity index (χ4n) is 1.17. The third-order valence-electron chi connectivity index (χ3n) is 1.92. The molecule has 0 spiro atoms. The summed E-state index contributed by atoms with van der Waals surface area (Å²) in [6, 6.07) is 0. The quantitative estimate of drug-likeness (QED) is 0.722. The van der Waals surface area contributed by atoms with E-state index in [1.165, 1.54) is 0 Å². The molecule has 1 fully saturated rings. The molecule has 0 aliphatic carbocycles. The van der Waals surface area contributed by atoms with Crippen LogP contribution in [0.15, 0.2) is 0 Å². The van der Waals surface area contributed by atoms with E-state index < -0.39 is 41.3 Å². The molecule has 0 aromatic rings. The molecule has 4 nitrogen and oxygen atoms in total. The first-order chi connectivity index (χ1) is 7.71. The van der Waals surface area contributed by atoms with Gasteiger partial charge in [0.1, 0.15) is 5.92 Å². The van der Waals surface area contributed by atoms with Gasteiger partial charge in [0.25, 0.3) is 0 Å². The van der Waals surface area contributed by atoms with E-state index in [4.69, 9.17) is 0 Å². The van der Waals surface area contributed by atoms with Crippen LogP contribution in [0.4, 0.5) is 18.0 Å². The summed E-state index contributed by atoms with van der Waals surface area (Å²) in [4.78, 5) is 22.3. The average Bonchev–Trinajstić information content (AvgIpc) is 2.45. The summed E-state index contributed by atoms with van der Waals surface area (Å²) in [6.45, 7) is 3.12. The molecule has 1 aliphatic rings. The van der Waals surface area contributed by atoms with E-state index in [9.17, 15) is 22.8 Å². The van der Waals surface area contributed by atoms with E-state index in [0.29, 0.717) is 11.8 Å². The van der Waals surface area contributed by atoms with Crippen LogP contribution in [0.25, 0.3) is 0 Å². The van der Waals surface area contributed by atoms with Crippen LogP contribution in [0.3, 0.4) is 0 Å². The van der Waals surface area contributed by atoms with Crippen LogP contribution in [-0.2, 0) is 14.3 Å². The molecule has 0 amide bonds. The van der Waals surface area contributed by atoms with E-state index in [1.807, 2.05) is 0 Å². The Morgan fingerprint density at radius 1 is 1.47 bits per heavy atom. The number of alkyl halides is 3. The lowest BCUT2D eigenvalue weighted by Crippen LogP contribution is -2.33. The number of Topliss-reactive ketones (excluding diaryl/α,β-unsaturated/α-hetero) is 1. The highest BCUT2D eigenvalue weighted by Gasteiger charge is 2.52. The second-order valence-electron chi connectivity index (χ2n) is 3.70. The second kappa shape index (κ2) is 5.16. The zero-order valence-corrected chi connectivity index (χ0v) is 9.93. The summed E-state index contributed by atoms with van der Waals surface area (Å²) in [5, 5.41) is 0. The Kier molecular flexibility index (Phi) is 4.29. The molecule has 1 saturated heterocycles. The predicted octanol–water partition coefficient (Wildman–Crippen LogP) is 2.37. The predicted molar refractivity (Wildman–Crippen MR) is 53.5 cm³/mol. The van der Waals surface area contributed by atoms with E-state index in [-0.39, 0.29) is 0 Å². The summed E-state index contributed by atoms with van der Waals surface area (Å²) in [7, 11) is 0. The largest absolute Gasteiger partial charge is 0.510 e. The zero-order chi connectivity index (χ0) is 13.2. The Morgan fingerprint density at radius 3 is 2.47 bits per heavy atom. The molecule has 2 atom stereocenters. The van der Waals surface area contributed by atoms with Gasteiger partial charge in [-0.2, -0.15) is 13.2 Å². The number of hydrogen-bond donors (Lipinski definition) is 0. The molecule has 0 aromatic heterocycles. The second-order valence-corrected chi connectivity index (χ2v) is 4.79. The van der Waals surface area contributed by atoms with Gasteiger partial charge in [-0.05, 0) is 13.8 Å². The summed E-state index contributed by atoms with van der Waals surface area (Å²) < 4.78 is 46.1. The molecule has 1 aliphatic heterocycles. The van der Waals surface area contributed by atoms with E-state index in [2.05, 4.69) is 9.47 Å². The maximum absolute atomic E-state index is 12.3. The van der Waals surface area contributed by atoms with Crippen LogP contribution in [0.2, 0.25) is 0 Å². The summed E-state index contributed by atoms with van der Waals surface area (Å²) >= 11 is 0.648. The normalized spacial score (nSPS) is 25.2. The van der Waals surface area contributed by atoms with Crippen molar-refractivity contribution >= 4 is 23.7 Å². The minimum absolute atomic E-state index is 0.429. The van der Waals surface area contributed by atoms with Gasteiger partial charge in [0, 0.05) is 5.75 Å². The number of halogens is 3. The Labute approximate surface area is 99.8 Å². The Balaban J connectivity index is 2.54. The van der Waals surface area contributed by atoms with Gasteiger partial charge in [0.05, 0.1) is 6.10 Å². The van der Waals surface area contributed by atoms with Crippen LogP contribution in [0.5, 0.6) is 0 Å². The van der Waals surface area contributed by atoms with Crippen molar-refractivity contribution in [1.82, 2.24) is 0 Å². The summed E-state index contributed by atoms with van der Waals surface area (Å²) in [5.41, 5.74) is -1.42. The molecule has 0 aromatic carbocycles. The molecule has 1 heterocycles. The molecule has 8 heteroatoms. The van der Waals surface area contributed by atoms with Gasteiger partial charge in [0.15, 0.2) is 5.78 Å². The van der Waals surface area contributed by atoms with Crippen molar-refractivity contribution in [3.05, 3.63) is 0 Å². The van der Waals surface area contributed by atoms with Gasteiger partial charge < -0.3 is 9.47 Å². The van der Waals surface area contributed by atoms with Crippen LogP contribution in [-0.4, -0.2) is 35.4 Å². The van der Waals surface area contributed by atoms with Gasteiger partial charge in [-0.15, -0.1) is 11.8 Å². The zero-order valence-electron chi connectivity index (χ0n) is 9.11. The van der Waals surface area contributed by atoms with Gasteiger partial charge in [-0.3, -0.25) is 4.79 Å². The minimum atomic E-state index is -4.59. The molecular formula is C9H11F3O4S. The van der Waals surface area contributed by atoms with Gasteiger partial charge in [-0.1, -0.05) is 0 Å². The summed E-state index contributed by atoms with van der Waals surface area (Å²) in [6.07, 6.45) is -6.18. The highest BCUT2D eigenvalue weighted by atomic mass is 32.2. The first kappa shape index (κ1) is 14.1. The molecule has 0 radical (unpaired) electrons.